The monoisotopic (exact) mass is 438 g/mol. The molecule has 1 unspecified atom stereocenters. The molecule has 0 spiro atoms. The van der Waals surface area contributed by atoms with Crippen LogP contribution in [-0.4, -0.2) is 25.0 Å². The van der Waals surface area contributed by atoms with E-state index in [1.165, 1.54) is 0 Å². The number of aryl methyl sites for hydroxylation is 1. The minimum atomic E-state index is -0.724. The lowest BCUT2D eigenvalue weighted by atomic mass is 10.1. The molecule has 0 saturated heterocycles. The van der Waals surface area contributed by atoms with Crippen molar-refractivity contribution in [3.63, 3.8) is 0 Å². The van der Waals surface area contributed by atoms with Crippen LogP contribution in [0.3, 0.4) is 0 Å². The van der Waals surface area contributed by atoms with Crippen molar-refractivity contribution >= 4 is 34.8 Å². The van der Waals surface area contributed by atoms with Gasteiger partial charge in [0.15, 0.2) is 6.10 Å². The predicted molar refractivity (Wildman–Crippen MR) is 122 cm³/mol. The molecular weight excluding hydrogens is 416 g/mol. The second-order valence-electron chi connectivity index (χ2n) is 6.92. The van der Waals surface area contributed by atoms with Crippen LogP contribution in [0.2, 0.25) is 5.02 Å². The third-order valence-electron chi connectivity index (χ3n) is 4.59. The molecule has 3 aromatic rings. The van der Waals surface area contributed by atoms with Gasteiger partial charge in [0.2, 0.25) is 0 Å². The number of halogens is 1. The summed E-state index contributed by atoms with van der Waals surface area (Å²) in [6, 6.07) is 18.9. The van der Waals surface area contributed by atoms with Gasteiger partial charge in [-0.1, -0.05) is 11.6 Å². The summed E-state index contributed by atoms with van der Waals surface area (Å²) in [7, 11) is 1.58. The third kappa shape index (κ3) is 5.99. The minimum Gasteiger partial charge on any atom is -0.497 e. The molecule has 160 valence electrons. The lowest BCUT2D eigenvalue weighted by Crippen LogP contribution is -2.30. The first-order valence-electron chi connectivity index (χ1n) is 9.65. The van der Waals surface area contributed by atoms with Crippen molar-refractivity contribution in [3.8, 4) is 11.5 Å². The number of hydrogen-bond donors (Lipinski definition) is 2. The molecule has 0 radical (unpaired) electrons. The summed E-state index contributed by atoms with van der Waals surface area (Å²) >= 11 is 5.95. The Morgan fingerprint density at radius 3 is 2.16 bits per heavy atom. The highest BCUT2D eigenvalue weighted by atomic mass is 35.5. The molecule has 31 heavy (non-hydrogen) atoms. The van der Waals surface area contributed by atoms with Crippen molar-refractivity contribution in [2.24, 2.45) is 0 Å². The second kappa shape index (κ2) is 10.00. The first kappa shape index (κ1) is 22.2. The molecule has 0 aliphatic rings. The number of carbonyl (C=O) groups is 2. The number of nitrogens with one attached hydrogen (secondary N) is 2. The van der Waals surface area contributed by atoms with Crippen molar-refractivity contribution < 1.29 is 19.1 Å². The molecule has 2 amide bonds. The van der Waals surface area contributed by atoms with Crippen LogP contribution in [-0.2, 0) is 4.79 Å². The molecule has 0 heterocycles. The molecule has 6 nitrogen and oxygen atoms in total. The van der Waals surface area contributed by atoms with Gasteiger partial charge in [0.25, 0.3) is 11.8 Å². The summed E-state index contributed by atoms with van der Waals surface area (Å²) < 4.78 is 10.8. The Labute approximate surface area is 186 Å². The molecule has 0 aliphatic carbocycles. The fourth-order valence-electron chi connectivity index (χ4n) is 2.82. The van der Waals surface area contributed by atoms with Crippen LogP contribution in [0.15, 0.2) is 66.7 Å². The number of benzene rings is 3. The zero-order chi connectivity index (χ0) is 22.4. The normalized spacial score (nSPS) is 11.4. The fraction of sp³-hybridized carbons (Fsp3) is 0.167. The predicted octanol–water partition coefficient (Wildman–Crippen LogP) is 5.32. The van der Waals surface area contributed by atoms with Crippen LogP contribution in [0.4, 0.5) is 11.4 Å². The van der Waals surface area contributed by atoms with E-state index >= 15 is 0 Å². The Morgan fingerprint density at radius 1 is 0.903 bits per heavy atom. The van der Waals surface area contributed by atoms with Gasteiger partial charge in [0.05, 0.1) is 7.11 Å². The Morgan fingerprint density at radius 2 is 1.55 bits per heavy atom. The van der Waals surface area contributed by atoms with Crippen LogP contribution in [0.1, 0.15) is 22.8 Å². The molecule has 0 saturated carbocycles. The molecule has 0 bridgehead atoms. The summed E-state index contributed by atoms with van der Waals surface area (Å²) in [5, 5.41) is 6.26. The van der Waals surface area contributed by atoms with E-state index in [0.717, 1.165) is 5.56 Å². The third-order valence-corrected chi connectivity index (χ3v) is 4.83. The van der Waals surface area contributed by atoms with Crippen LogP contribution in [0.5, 0.6) is 11.5 Å². The molecular formula is C24H23ClN2O4. The van der Waals surface area contributed by atoms with Gasteiger partial charge in [-0.2, -0.15) is 0 Å². The second-order valence-corrected chi connectivity index (χ2v) is 7.35. The lowest BCUT2D eigenvalue weighted by molar-refractivity contribution is -0.122. The van der Waals surface area contributed by atoms with Gasteiger partial charge in [-0.05, 0) is 86.1 Å². The average Bonchev–Trinajstić information content (AvgIpc) is 2.76. The molecule has 0 fully saturated rings. The maximum Gasteiger partial charge on any atom is 0.265 e. The maximum absolute atomic E-state index is 12.5. The van der Waals surface area contributed by atoms with Gasteiger partial charge >= 0.3 is 0 Å². The van der Waals surface area contributed by atoms with Crippen LogP contribution in [0.25, 0.3) is 0 Å². The van der Waals surface area contributed by atoms with Gasteiger partial charge in [-0.25, -0.2) is 0 Å². The van der Waals surface area contributed by atoms with Crippen molar-refractivity contribution in [2.45, 2.75) is 20.0 Å². The van der Waals surface area contributed by atoms with Gasteiger partial charge in [-0.15, -0.1) is 0 Å². The minimum absolute atomic E-state index is 0.248. The molecule has 2 N–H and O–H groups in total. The average molecular weight is 439 g/mol. The summed E-state index contributed by atoms with van der Waals surface area (Å²) in [5.74, 6) is 0.654. The quantitative estimate of drug-likeness (QED) is 0.523. The number of ether oxygens (including phenoxy) is 2. The number of anilines is 2. The van der Waals surface area contributed by atoms with Crippen molar-refractivity contribution in [3.05, 3.63) is 82.9 Å². The largest absolute Gasteiger partial charge is 0.497 e. The van der Waals surface area contributed by atoms with Crippen LogP contribution in [0, 0.1) is 6.92 Å². The fourth-order valence-corrected chi connectivity index (χ4v) is 3.05. The van der Waals surface area contributed by atoms with Gasteiger partial charge < -0.3 is 20.1 Å². The number of carbonyl (C=O) groups excluding carboxylic acids is 2. The Hall–Kier alpha value is -3.51. The van der Waals surface area contributed by atoms with E-state index in [1.54, 1.807) is 80.8 Å². The number of methoxy groups -OCH3 is 1. The Bertz CT molecular complexity index is 1070. The number of rotatable bonds is 7. The first-order chi connectivity index (χ1) is 14.9. The van der Waals surface area contributed by atoms with Gasteiger partial charge in [0.1, 0.15) is 11.5 Å². The van der Waals surface area contributed by atoms with E-state index in [1.807, 2.05) is 6.92 Å². The van der Waals surface area contributed by atoms with Gasteiger partial charge in [-0.3, -0.25) is 9.59 Å². The van der Waals surface area contributed by atoms with E-state index in [9.17, 15) is 9.59 Å². The zero-order valence-corrected chi connectivity index (χ0v) is 18.2. The standard InChI is InChI=1S/C24H23ClN2O4/c1-15-14-18(25)6-13-22(15)27-24(29)17-4-9-21(10-5-17)31-16(2)23(28)26-19-7-11-20(30-3)12-8-19/h4-14,16H,1-3H3,(H,26,28)(H,27,29). The smallest absolute Gasteiger partial charge is 0.265 e. The molecule has 0 aromatic heterocycles. The van der Waals surface area contributed by atoms with Crippen LogP contribution < -0.4 is 20.1 Å². The zero-order valence-electron chi connectivity index (χ0n) is 17.4. The Kier molecular flexibility index (Phi) is 7.15. The molecule has 0 aliphatic heterocycles. The highest BCUT2D eigenvalue weighted by Crippen LogP contribution is 2.21. The SMILES string of the molecule is COc1ccc(NC(=O)C(C)Oc2ccc(C(=O)Nc3ccc(Cl)cc3C)cc2)cc1. The summed E-state index contributed by atoms with van der Waals surface area (Å²) in [6.07, 6.45) is -0.724. The van der Waals surface area contributed by atoms with E-state index in [2.05, 4.69) is 10.6 Å². The first-order valence-corrected chi connectivity index (χ1v) is 10.0. The van der Waals surface area contributed by atoms with E-state index in [-0.39, 0.29) is 11.8 Å². The van der Waals surface area contributed by atoms with E-state index in [0.29, 0.717) is 33.5 Å². The summed E-state index contributed by atoms with van der Waals surface area (Å²) in [4.78, 5) is 24.8. The van der Waals surface area contributed by atoms with Crippen molar-refractivity contribution in [1.82, 2.24) is 0 Å². The highest BCUT2D eigenvalue weighted by molar-refractivity contribution is 6.30. The van der Waals surface area contributed by atoms with Gasteiger partial charge in [0, 0.05) is 22.0 Å². The lowest BCUT2D eigenvalue weighted by Gasteiger charge is -2.15. The number of hydrogen-bond acceptors (Lipinski definition) is 4. The maximum atomic E-state index is 12.5. The van der Waals surface area contributed by atoms with Crippen LogP contribution >= 0.6 is 11.6 Å². The molecule has 3 aromatic carbocycles. The van der Waals surface area contributed by atoms with E-state index < -0.39 is 6.10 Å². The van der Waals surface area contributed by atoms with E-state index in [4.69, 9.17) is 21.1 Å². The molecule has 7 heteroatoms. The number of amides is 2. The molecule has 3 rings (SSSR count). The topological polar surface area (TPSA) is 76.7 Å². The Balaban J connectivity index is 1.57. The van der Waals surface area contributed by atoms with Crippen molar-refractivity contribution in [2.75, 3.05) is 17.7 Å². The molecule has 1 atom stereocenters. The summed E-state index contributed by atoms with van der Waals surface area (Å²) in [5.41, 5.74) is 2.68. The summed E-state index contributed by atoms with van der Waals surface area (Å²) in [6.45, 7) is 3.53. The highest BCUT2D eigenvalue weighted by Gasteiger charge is 2.15. The van der Waals surface area contributed by atoms with Crippen molar-refractivity contribution in [1.29, 1.82) is 0 Å².